The average Bonchev–Trinajstić information content (AvgIpc) is 2.80. The van der Waals surface area contributed by atoms with Crippen molar-refractivity contribution < 1.29 is 29.0 Å². The number of ether oxygens (including phenoxy) is 1. The molecule has 0 atom stereocenters. The number of hydrogen-bond acceptors (Lipinski definition) is 6. The summed E-state index contributed by atoms with van der Waals surface area (Å²) in [7, 11) is 0. The molecular weight excluding hydrogens is 448 g/mol. The molecule has 3 N–H and O–H groups in total. The standard InChI is InChI=1S/C27H28N2O6/c1-4-35-27(34)17-24(25(32)15-9-20-5-11-22(12-6-20)28-18(2)30)26(33)16-10-21-7-13-23(14-8-21)29-19(3)31/h5-16,32H,4,17H2,1-3H3,(H,28,30)(H,29,31)/b15-9?,16-10+,25-24?. The number of allylic oxidation sites excluding steroid dienone is 2. The molecular formula is C27H28N2O6. The highest BCUT2D eigenvalue weighted by atomic mass is 16.5. The van der Waals surface area contributed by atoms with E-state index in [0.717, 1.165) is 0 Å². The van der Waals surface area contributed by atoms with Gasteiger partial charge in [-0.15, -0.1) is 0 Å². The van der Waals surface area contributed by atoms with E-state index in [1.165, 1.54) is 26.0 Å². The van der Waals surface area contributed by atoms with Gasteiger partial charge in [-0.2, -0.15) is 0 Å². The molecule has 0 aromatic heterocycles. The summed E-state index contributed by atoms with van der Waals surface area (Å²) in [6, 6.07) is 13.7. The minimum absolute atomic E-state index is 0.110. The van der Waals surface area contributed by atoms with Gasteiger partial charge in [-0.1, -0.05) is 36.4 Å². The smallest absolute Gasteiger partial charge is 0.310 e. The van der Waals surface area contributed by atoms with Crippen molar-refractivity contribution in [3.63, 3.8) is 0 Å². The summed E-state index contributed by atoms with van der Waals surface area (Å²) in [5, 5.41) is 15.9. The first-order valence-corrected chi connectivity index (χ1v) is 10.9. The lowest BCUT2D eigenvalue weighted by Gasteiger charge is -2.06. The molecule has 0 aliphatic carbocycles. The Bertz CT molecular complexity index is 1160. The molecule has 0 saturated carbocycles. The van der Waals surface area contributed by atoms with Gasteiger partial charge in [0.2, 0.25) is 11.8 Å². The Labute approximate surface area is 204 Å². The highest BCUT2D eigenvalue weighted by Gasteiger charge is 2.17. The minimum Gasteiger partial charge on any atom is -0.508 e. The van der Waals surface area contributed by atoms with Crippen LogP contribution in [0.2, 0.25) is 0 Å². The number of carbonyl (C=O) groups is 4. The average molecular weight is 477 g/mol. The topological polar surface area (TPSA) is 122 Å². The number of ketones is 1. The molecule has 0 unspecified atom stereocenters. The van der Waals surface area contributed by atoms with Crippen molar-refractivity contribution >= 4 is 47.1 Å². The Morgan fingerprint density at radius 2 is 1.26 bits per heavy atom. The van der Waals surface area contributed by atoms with Crippen LogP contribution in [0.1, 0.15) is 38.3 Å². The van der Waals surface area contributed by atoms with Crippen LogP contribution in [0, 0.1) is 0 Å². The third-order valence-electron chi connectivity index (χ3n) is 4.56. The zero-order valence-corrected chi connectivity index (χ0v) is 19.8. The van der Waals surface area contributed by atoms with Crippen LogP contribution < -0.4 is 10.6 Å². The number of nitrogens with one attached hydrogen (secondary N) is 2. The molecule has 0 bridgehead atoms. The molecule has 8 nitrogen and oxygen atoms in total. The van der Waals surface area contributed by atoms with Crippen LogP contribution in [0.4, 0.5) is 11.4 Å². The second-order valence-electron chi connectivity index (χ2n) is 7.48. The van der Waals surface area contributed by atoms with E-state index in [0.29, 0.717) is 22.5 Å². The molecule has 0 saturated heterocycles. The number of benzene rings is 2. The first-order valence-electron chi connectivity index (χ1n) is 10.9. The molecule has 2 aromatic rings. The summed E-state index contributed by atoms with van der Waals surface area (Å²) in [5.41, 5.74) is 2.54. The maximum absolute atomic E-state index is 12.8. The number of carbonyl (C=O) groups excluding carboxylic acids is 4. The monoisotopic (exact) mass is 476 g/mol. The van der Waals surface area contributed by atoms with Crippen molar-refractivity contribution in [3.8, 4) is 0 Å². The number of amides is 2. The summed E-state index contributed by atoms with van der Waals surface area (Å²) in [5.74, 6) is -1.92. The maximum Gasteiger partial charge on any atom is 0.310 e. The normalized spacial score (nSPS) is 11.7. The summed E-state index contributed by atoms with van der Waals surface area (Å²) in [6.45, 7) is 4.62. The zero-order valence-electron chi connectivity index (χ0n) is 19.8. The van der Waals surface area contributed by atoms with Crippen LogP contribution >= 0.6 is 0 Å². The molecule has 35 heavy (non-hydrogen) atoms. The highest BCUT2D eigenvalue weighted by molar-refractivity contribution is 6.09. The van der Waals surface area contributed by atoms with Crippen LogP contribution in [-0.2, 0) is 23.9 Å². The maximum atomic E-state index is 12.8. The Kier molecular flexibility index (Phi) is 10.2. The summed E-state index contributed by atoms with van der Waals surface area (Å²) in [6.07, 6.45) is 5.32. The number of aliphatic hydroxyl groups is 1. The molecule has 0 heterocycles. The Morgan fingerprint density at radius 3 is 1.69 bits per heavy atom. The fourth-order valence-electron chi connectivity index (χ4n) is 2.97. The lowest BCUT2D eigenvalue weighted by Crippen LogP contribution is -2.11. The second kappa shape index (κ2) is 13.3. The van der Waals surface area contributed by atoms with E-state index in [-0.39, 0.29) is 29.8 Å². The van der Waals surface area contributed by atoms with Gasteiger partial charge in [0.15, 0.2) is 5.78 Å². The first kappa shape index (κ1) is 26.8. The molecule has 2 aromatic carbocycles. The van der Waals surface area contributed by atoms with Gasteiger partial charge in [0, 0.05) is 25.2 Å². The van der Waals surface area contributed by atoms with Crippen LogP contribution in [0.15, 0.2) is 72.0 Å². The molecule has 0 aliphatic heterocycles. The number of hydrogen-bond donors (Lipinski definition) is 3. The van der Waals surface area contributed by atoms with E-state index in [1.807, 2.05) is 0 Å². The Morgan fingerprint density at radius 1 is 0.800 bits per heavy atom. The van der Waals surface area contributed by atoms with E-state index in [1.54, 1.807) is 67.6 Å². The molecule has 182 valence electrons. The highest BCUT2D eigenvalue weighted by Crippen LogP contribution is 2.17. The molecule has 0 fully saturated rings. The molecule has 2 rings (SSSR count). The van der Waals surface area contributed by atoms with Gasteiger partial charge in [0.25, 0.3) is 0 Å². The fourth-order valence-corrected chi connectivity index (χ4v) is 2.97. The molecule has 2 amide bonds. The minimum atomic E-state index is -0.636. The van der Waals surface area contributed by atoms with E-state index in [4.69, 9.17) is 4.74 Å². The van der Waals surface area contributed by atoms with Crippen molar-refractivity contribution in [2.75, 3.05) is 17.2 Å². The van der Waals surface area contributed by atoms with Crippen LogP contribution in [-0.4, -0.2) is 35.3 Å². The Balaban J connectivity index is 2.23. The number of rotatable bonds is 10. The van der Waals surface area contributed by atoms with E-state index >= 15 is 0 Å². The van der Waals surface area contributed by atoms with Crippen molar-refractivity contribution in [1.29, 1.82) is 0 Å². The molecule has 0 radical (unpaired) electrons. The second-order valence-corrected chi connectivity index (χ2v) is 7.48. The fraction of sp³-hybridized carbons (Fsp3) is 0.185. The summed E-state index contributed by atoms with van der Waals surface area (Å²) >= 11 is 0. The summed E-state index contributed by atoms with van der Waals surface area (Å²) in [4.78, 5) is 47.1. The Hall–Kier alpha value is -4.46. The lowest BCUT2D eigenvalue weighted by atomic mass is 10.0. The molecule has 8 heteroatoms. The van der Waals surface area contributed by atoms with Gasteiger partial charge in [0.05, 0.1) is 18.6 Å². The van der Waals surface area contributed by atoms with Crippen molar-refractivity contribution in [2.24, 2.45) is 0 Å². The predicted molar refractivity (Wildman–Crippen MR) is 135 cm³/mol. The number of esters is 1. The molecule has 0 spiro atoms. The van der Waals surface area contributed by atoms with E-state index < -0.39 is 18.2 Å². The number of anilines is 2. The van der Waals surface area contributed by atoms with Gasteiger partial charge >= 0.3 is 5.97 Å². The van der Waals surface area contributed by atoms with Crippen LogP contribution in [0.5, 0.6) is 0 Å². The van der Waals surface area contributed by atoms with Crippen LogP contribution in [0.25, 0.3) is 12.2 Å². The third-order valence-corrected chi connectivity index (χ3v) is 4.56. The van der Waals surface area contributed by atoms with Gasteiger partial charge < -0.3 is 20.5 Å². The van der Waals surface area contributed by atoms with Gasteiger partial charge in [-0.3, -0.25) is 19.2 Å². The zero-order chi connectivity index (χ0) is 25.8. The van der Waals surface area contributed by atoms with Crippen molar-refractivity contribution in [3.05, 3.63) is 83.1 Å². The van der Waals surface area contributed by atoms with Gasteiger partial charge in [0.1, 0.15) is 5.76 Å². The van der Waals surface area contributed by atoms with Crippen molar-refractivity contribution in [1.82, 2.24) is 0 Å². The summed E-state index contributed by atoms with van der Waals surface area (Å²) < 4.78 is 4.93. The van der Waals surface area contributed by atoms with E-state index in [2.05, 4.69) is 10.6 Å². The van der Waals surface area contributed by atoms with Gasteiger partial charge in [-0.05, 0) is 54.5 Å². The van der Waals surface area contributed by atoms with Crippen LogP contribution in [0.3, 0.4) is 0 Å². The number of aliphatic hydroxyl groups excluding tert-OH is 1. The predicted octanol–water partition coefficient (Wildman–Crippen LogP) is 4.66. The SMILES string of the molecule is CCOC(=O)CC(C(=O)/C=C/c1ccc(NC(C)=O)cc1)=C(O)C=Cc1ccc(NC(C)=O)cc1. The third kappa shape index (κ3) is 9.51. The first-order chi connectivity index (χ1) is 16.7. The molecule has 0 aliphatic rings. The van der Waals surface area contributed by atoms with E-state index in [9.17, 15) is 24.3 Å². The van der Waals surface area contributed by atoms with Crippen molar-refractivity contribution in [2.45, 2.75) is 27.2 Å². The quantitative estimate of drug-likeness (QED) is 0.198. The largest absolute Gasteiger partial charge is 0.508 e. The lowest BCUT2D eigenvalue weighted by molar-refractivity contribution is -0.142. The van der Waals surface area contributed by atoms with Gasteiger partial charge in [-0.25, -0.2) is 0 Å².